The number of carbonyl (C=O) groups excluding carboxylic acids is 1. The third kappa shape index (κ3) is 6.71. The predicted octanol–water partition coefficient (Wildman–Crippen LogP) is 3.53. The van der Waals surface area contributed by atoms with Crippen LogP contribution in [-0.2, 0) is 9.59 Å². The van der Waals surface area contributed by atoms with Crippen LogP contribution in [0.5, 0.6) is 0 Å². The Bertz CT molecular complexity index is 468. The van der Waals surface area contributed by atoms with Gasteiger partial charge in [-0.2, -0.15) is 11.8 Å². The second-order valence-corrected chi connectivity index (χ2v) is 5.75. The first-order valence-corrected chi connectivity index (χ1v) is 7.44. The first-order chi connectivity index (χ1) is 8.99. The van der Waals surface area contributed by atoms with Crippen LogP contribution < -0.4 is 5.32 Å². The molecule has 0 heterocycles. The number of hydrogen-bond acceptors (Lipinski definition) is 3. The van der Waals surface area contributed by atoms with Crippen LogP contribution in [-0.4, -0.2) is 28.5 Å². The summed E-state index contributed by atoms with van der Waals surface area (Å²) in [6.07, 6.45) is 0.402. The summed E-state index contributed by atoms with van der Waals surface area (Å²) in [5.74, 6) is 0.0623. The Kier molecular flexibility index (Phi) is 7.05. The van der Waals surface area contributed by atoms with Crippen LogP contribution in [0.4, 0.5) is 5.69 Å². The van der Waals surface area contributed by atoms with E-state index in [1.54, 1.807) is 18.2 Å². The fraction of sp³-hybridized carbons (Fsp3) is 0.333. The van der Waals surface area contributed by atoms with Gasteiger partial charge in [-0.15, -0.1) is 0 Å². The smallest absolute Gasteiger partial charge is 0.304 e. The highest BCUT2D eigenvalue weighted by Crippen LogP contribution is 2.25. The van der Waals surface area contributed by atoms with Crippen LogP contribution in [0, 0.1) is 0 Å². The quantitative estimate of drug-likeness (QED) is 0.754. The molecule has 0 fully saturated rings. The SMILES string of the molecule is O=C(O)CCSCCC(=O)Nc1cc(Cl)ccc1Cl. The van der Waals surface area contributed by atoms with E-state index in [1.165, 1.54) is 11.8 Å². The number of nitrogens with one attached hydrogen (secondary N) is 1. The van der Waals surface area contributed by atoms with Crippen molar-refractivity contribution in [1.82, 2.24) is 0 Å². The molecule has 104 valence electrons. The van der Waals surface area contributed by atoms with Crippen LogP contribution >= 0.6 is 35.0 Å². The molecule has 0 bridgehead atoms. The molecular formula is C12H13Cl2NO3S. The molecule has 7 heteroatoms. The molecule has 1 aromatic rings. The number of carboxylic acids is 1. The van der Waals surface area contributed by atoms with Gasteiger partial charge in [0.1, 0.15) is 0 Å². The average Bonchev–Trinajstić information content (AvgIpc) is 2.33. The summed E-state index contributed by atoms with van der Waals surface area (Å²) in [4.78, 5) is 21.9. The Morgan fingerprint density at radius 3 is 2.58 bits per heavy atom. The fourth-order valence-corrected chi connectivity index (χ4v) is 2.42. The van der Waals surface area contributed by atoms with E-state index >= 15 is 0 Å². The lowest BCUT2D eigenvalue weighted by Crippen LogP contribution is -2.12. The van der Waals surface area contributed by atoms with E-state index in [0.717, 1.165) is 0 Å². The second-order valence-electron chi connectivity index (χ2n) is 3.68. The molecule has 0 aliphatic heterocycles. The lowest BCUT2D eigenvalue weighted by atomic mass is 10.3. The van der Waals surface area contributed by atoms with Gasteiger partial charge >= 0.3 is 5.97 Å². The Morgan fingerprint density at radius 2 is 1.89 bits per heavy atom. The minimum Gasteiger partial charge on any atom is -0.481 e. The molecule has 1 aromatic carbocycles. The summed E-state index contributed by atoms with van der Waals surface area (Å²) in [5, 5.41) is 12.0. The van der Waals surface area contributed by atoms with Gasteiger partial charge in [0, 0.05) is 22.9 Å². The largest absolute Gasteiger partial charge is 0.481 e. The molecule has 19 heavy (non-hydrogen) atoms. The van der Waals surface area contributed by atoms with Gasteiger partial charge in [-0.05, 0) is 18.2 Å². The van der Waals surface area contributed by atoms with Crippen molar-refractivity contribution in [2.75, 3.05) is 16.8 Å². The molecule has 0 unspecified atom stereocenters. The minimum atomic E-state index is -0.831. The lowest BCUT2D eigenvalue weighted by molar-refractivity contribution is -0.136. The molecule has 0 saturated heterocycles. The van der Waals surface area contributed by atoms with E-state index in [1.807, 2.05) is 0 Å². The van der Waals surface area contributed by atoms with Gasteiger partial charge in [0.2, 0.25) is 5.91 Å². The summed E-state index contributed by atoms with van der Waals surface area (Å²) in [6.45, 7) is 0. The second kappa shape index (κ2) is 8.30. The van der Waals surface area contributed by atoms with E-state index < -0.39 is 5.97 Å². The van der Waals surface area contributed by atoms with Crippen molar-refractivity contribution >= 4 is 52.5 Å². The number of rotatable bonds is 7. The normalized spacial score (nSPS) is 10.2. The van der Waals surface area contributed by atoms with Crippen LogP contribution in [0.3, 0.4) is 0 Å². The van der Waals surface area contributed by atoms with Crippen molar-refractivity contribution in [2.24, 2.45) is 0 Å². The van der Waals surface area contributed by atoms with Gasteiger partial charge < -0.3 is 10.4 Å². The minimum absolute atomic E-state index is 0.104. The number of hydrogen-bond donors (Lipinski definition) is 2. The van der Waals surface area contributed by atoms with Crippen LogP contribution in [0.2, 0.25) is 10.0 Å². The zero-order chi connectivity index (χ0) is 14.3. The van der Waals surface area contributed by atoms with Crippen LogP contribution in [0.15, 0.2) is 18.2 Å². The third-order valence-electron chi connectivity index (χ3n) is 2.14. The molecule has 0 saturated carbocycles. The van der Waals surface area contributed by atoms with Gasteiger partial charge in [0.05, 0.1) is 17.1 Å². The molecule has 0 aromatic heterocycles. The Labute approximate surface area is 125 Å². The lowest BCUT2D eigenvalue weighted by Gasteiger charge is -2.07. The molecule has 0 spiro atoms. The molecule has 4 nitrogen and oxygen atoms in total. The number of halogens is 2. The summed E-state index contributed by atoms with van der Waals surface area (Å²) >= 11 is 13.1. The third-order valence-corrected chi connectivity index (χ3v) is 3.69. The monoisotopic (exact) mass is 321 g/mol. The number of anilines is 1. The summed E-state index contributed by atoms with van der Waals surface area (Å²) in [6, 6.07) is 4.84. The topological polar surface area (TPSA) is 66.4 Å². The molecule has 2 N–H and O–H groups in total. The highest BCUT2D eigenvalue weighted by Gasteiger charge is 2.06. The van der Waals surface area contributed by atoms with Gasteiger partial charge in [0.15, 0.2) is 0 Å². The van der Waals surface area contributed by atoms with E-state index in [0.29, 0.717) is 33.7 Å². The fourth-order valence-electron chi connectivity index (χ4n) is 1.23. The van der Waals surface area contributed by atoms with Crippen LogP contribution in [0.25, 0.3) is 0 Å². The zero-order valence-electron chi connectivity index (χ0n) is 9.99. The summed E-state index contributed by atoms with van der Waals surface area (Å²) in [5.41, 5.74) is 0.481. The molecule has 1 amide bonds. The van der Waals surface area contributed by atoms with Gasteiger partial charge in [-0.25, -0.2) is 0 Å². The van der Waals surface area contributed by atoms with Crippen molar-refractivity contribution in [2.45, 2.75) is 12.8 Å². The molecule has 0 radical (unpaired) electrons. The van der Waals surface area contributed by atoms with E-state index in [4.69, 9.17) is 28.3 Å². The average molecular weight is 322 g/mol. The maximum atomic E-state index is 11.6. The molecule has 0 aliphatic rings. The number of thioether (sulfide) groups is 1. The predicted molar refractivity (Wildman–Crippen MR) is 79.3 cm³/mol. The van der Waals surface area contributed by atoms with Crippen molar-refractivity contribution in [3.05, 3.63) is 28.2 Å². The van der Waals surface area contributed by atoms with Crippen molar-refractivity contribution < 1.29 is 14.7 Å². The number of amides is 1. The van der Waals surface area contributed by atoms with Crippen molar-refractivity contribution in [3.63, 3.8) is 0 Å². The maximum absolute atomic E-state index is 11.6. The number of benzene rings is 1. The first-order valence-electron chi connectivity index (χ1n) is 5.53. The summed E-state index contributed by atoms with van der Waals surface area (Å²) in [7, 11) is 0. The van der Waals surface area contributed by atoms with Crippen LogP contribution in [0.1, 0.15) is 12.8 Å². The molecular weight excluding hydrogens is 309 g/mol. The Hall–Kier alpha value is -0.910. The van der Waals surface area contributed by atoms with Crippen molar-refractivity contribution in [1.29, 1.82) is 0 Å². The van der Waals surface area contributed by atoms with E-state index in [-0.39, 0.29) is 12.3 Å². The summed E-state index contributed by atoms with van der Waals surface area (Å²) < 4.78 is 0. The zero-order valence-corrected chi connectivity index (χ0v) is 12.3. The number of carboxylic acid groups (broad SMARTS) is 1. The van der Waals surface area contributed by atoms with Crippen molar-refractivity contribution in [3.8, 4) is 0 Å². The van der Waals surface area contributed by atoms with E-state index in [2.05, 4.69) is 5.32 Å². The number of carbonyl (C=O) groups is 2. The van der Waals surface area contributed by atoms with E-state index in [9.17, 15) is 9.59 Å². The van der Waals surface area contributed by atoms with Gasteiger partial charge in [-0.1, -0.05) is 23.2 Å². The standard InChI is InChI=1S/C12H13Cl2NO3S/c13-8-1-2-9(14)10(7-8)15-11(16)3-5-19-6-4-12(17)18/h1-2,7H,3-6H2,(H,15,16)(H,17,18). The maximum Gasteiger partial charge on any atom is 0.304 e. The van der Waals surface area contributed by atoms with Gasteiger partial charge in [-0.3, -0.25) is 9.59 Å². The Balaban J connectivity index is 2.31. The molecule has 0 atom stereocenters. The first kappa shape index (κ1) is 16.1. The Morgan fingerprint density at radius 1 is 1.21 bits per heavy atom. The van der Waals surface area contributed by atoms with Gasteiger partial charge in [0.25, 0.3) is 0 Å². The highest BCUT2D eigenvalue weighted by atomic mass is 35.5. The number of aliphatic carboxylic acids is 1. The molecule has 0 aliphatic carbocycles. The molecule has 1 rings (SSSR count). The highest BCUT2D eigenvalue weighted by molar-refractivity contribution is 7.99.